The van der Waals surface area contributed by atoms with Crippen LogP contribution in [0.3, 0.4) is 0 Å². The van der Waals surface area contributed by atoms with Gasteiger partial charge < -0.3 is 10.0 Å². The Hall–Kier alpha value is -1.84. The van der Waals surface area contributed by atoms with Crippen molar-refractivity contribution in [3.05, 3.63) is 35.4 Å². The molecular formula is C17H23NO3. The highest BCUT2D eigenvalue weighted by atomic mass is 16.4. The largest absolute Gasteiger partial charge is 0.480 e. The third-order valence-electron chi connectivity index (χ3n) is 4.48. The molecule has 4 heteroatoms. The SMILES string of the molecule is CCN(C(=O)C1CCc2ccccc2C1)C(C)(C)C(=O)O. The van der Waals surface area contributed by atoms with Gasteiger partial charge in [0.05, 0.1) is 0 Å². The van der Waals surface area contributed by atoms with Crippen LogP contribution in [0.15, 0.2) is 24.3 Å². The molecule has 1 aromatic carbocycles. The topological polar surface area (TPSA) is 57.6 Å². The van der Waals surface area contributed by atoms with E-state index in [-0.39, 0.29) is 11.8 Å². The summed E-state index contributed by atoms with van der Waals surface area (Å²) in [6, 6.07) is 8.18. The summed E-state index contributed by atoms with van der Waals surface area (Å²) in [6.45, 7) is 5.43. The van der Waals surface area contributed by atoms with Crippen LogP contribution < -0.4 is 0 Å². The highest BCUT2D eigenvalue weighted by molar-refractivity contribution is 5.87. The summed E-state index contributed by atoms with van der Waals surface area (Å²) in [7, 11) is 0. The Kier molecular flexibility index (Phi) is 4.35. The zero-order valence-corrected chi connectivity index (χ0v) is 12.9. The standard InChI is InChI=1S/C17H23NO3/c1-4-18(17(2,3)16(20)21)15(19)14-10-9-12-7-5-6-8-13(12)11-14/h5-8,14H,4,9-11H2,1-3H3,(H,20,21). The Morgan fingerprint density at radius 2 is 1.90 bits per heavy atom. The fourth-order valence-electron chi connectivity index (χ4n) is 3.07. The molecule has 0 aromatic heterocycles. The lowest BCUT2D eigenvalue weighted by Crippen LogP contribution is -2.55. The van der Waals surface area contributed by atoms with E-state index in [0.29, 0.717) is 13.0 Å². The molecule has 0 aliphatic heterocycles. The zero-order valence-electron chi connectivity index (χ0n) is 12.9. The number of hydrogen-bond acceptors (Lipinski definition) is 2. The van der Waals surface area contributed by atoms with Crippen LogP contribution in [-0.2, 0) is 22.4 Å². The number of aliphatic carboxylic acids is 1. The average molecular weight is 289 g/mol. The minimum atomic E-state index is -1.16. The summed E-state index contributed by atoms with van der Waals surface area (Å²) in [5.41, 5.74) is 1.36. The van der Waals surface area contributed by atoms with E-state index in [2.05, 4.69) is 12.1 Å². The van der Waals surface area contributed by atoms with Crippen LogP contribution in [0, 0.1) is 5.92 Å². The first-order valence-corrected chi connectivity index (χ1v) is 7.49. The maximum absolute atomic E-state index is 12.8. The summed E-state index contributed by atoms with van der Waals surface area (Å²) in [5.74, 6) is -1.12. The van der Waals surface area contributed by atoms with Crippen LogP contribution in [-0.4, -0.2) is 34.0 Å². The molecule has 1 unspecified atom stereocenters. The number of amides is 1. The quantitative estimate of drug-likeness (QED) is 0.926. The Morgan fingerprint density at radius 3 is 2.48 bits per heavy atom. The first-order valence-electron chi connectivity index (χ1n) is 7.49. The molecule has 2 rings (SSSR count). The molecule has 4 nitrogen and oxygen atoms in total. The fourth-order valence-corrected chi connectivity index (χ4v) is 3.07. The highest BCUT2D eigenvalue weighted by Crippen LogP contribution is 2.28. The number of aryl methyl sites for hydroxylation is 1. The van der Waals surface area contributed by atoms with Gasteiger partial charge in [0.15, 0.2) is 0 Å². The smallest absolute Gasteiger partial charge is 0.329 e. The number of hydrogen-bond donors (Lipinski definition) is 1. The summed E-state index contributed by atoms with van der Waals surface area (Å²) in [5, 5.41) is 9.35. The molecular weight excluding hydrogens is 266 g/mol. The fraction of sp³-hybridized carbons (Fsp3) is 0.529. The second kappa shape index (κ2) is 5.88. The molecule has 0 fully saturated rings. The first-order chi connectivity index (χ1) is 9.87. The van der Waals surface area contributed by atoms with Gasteiger partial charge in [-0.3, -0.25) is 4.79 Å². The lowest BCUT2D eigenvalue weighted by atomic mass is 9.82. The Bertz CT molecular complexity index is 551. The van der Waals surface area contributed by atoms with Crippen molar-refractivity contribution in [1.82, 2.24) is 4.90 Å². The highest BCUT2D eigenvalue weighted by Gasteiger charge is 2.39. The van der Waals surface area contributed by atoms with Crippen molar-refractivity contribution in [2.75, 3.05) is 6.54 Å². The van der Waals surface area contributed by atoms with E-state index in [1.165, 1.54) is 16.0 Å². The maximum Gasteiger partial charge on any atom is 0.329 e. The summed E-state index contributed by atoms with van der Waals surface area (Å²) in [4.78, 5) is 25.7. The lowest BCUT2D eigenvalue weighted by molar-refractivity contribution is -0.158. The van der Waals surface area contributed by atoms with Crippen molar-refractivity contribution in [2.24, 2.45) is 5.92 Å². The molecule has 0 heterocycles. The predicted octanol–water partition coefficient (Wildman–Crippen LogP) is 2.50. The normalized spacial score (nSPS) is 18.0. The van der Waals surface area contributed by atoms with Gasteiger partial charge >= 0.3 is 5.97 Å². The molecule has 114 valence electrons. The van der Waals surface area contributed by atoms with Crippen molar-refractivity contribution < 1.29 is 14.7 Å². The van der Waals surface area contributed by atoms with Gasteiger partial charge in [-0.15, -0.1) is 0 Å². The van der Waals surface area contributed by atoms with E-state index in [1.54, 1.807) is 13.8 Å². The minimum Gasteiger partial charge on any atom is -0.480 e. The van der Waals surface area contributed by atoms with Crippen LogP contribution in [0.4, 0.5) is 0 Å². The van der Waals surface area contributed by atoms with Crippen molar-refractivity contribution in [3.8, 4) is 0 Å². The second-order valence-electron chi connectivity index (χ2n) is 6.16. The van der Waals surface area contributed by atoms with Crippen molar-refractivity contribution in [2.45, 2.75) is 45.6 Å². The van der Waals surface area contributed by atoms with Gasteiger partial charge in [-0.05, 0) is 51.2 Å². The molecule has 1 amide bonds. The van der Waals surface area contributed by atoms with Crippen LogP contribution >= 0.6 is 0 Å². The number of fused-ring (bicyclic) bond motifs is 1. The second-order valence-corrected chi connectivity index (χ2v) is 6.16. The zero-order chi connectivity index (χ0) is 15.6. The van der Waals surface area contributed by atoms with Gasteiger partial charge in [-0.1, -0.05) is 24.3 Å². The molecule has 0 spiro atoms. The summed E-state index contributed by atoms with van der Waals surface area (Å²) in [6.07, 6.45) is 2.39. The van der Waals surface area contributed by atoms with Crippen LogP contribution in [0.25, 0.3) is 0 Å². The molecule has 0 bridgehead atoms. The van der Waals surface area contributed by atoms with Crippen LogP contribution in [0.5, 0.6) is 0 Å². The number of carbonyl (C=O) groups is 2. The van der Waals surface area contributed by atoms with Crippen molar-refractivity contribution in [1.29, 1.82) is 0 Å². The molecule has 1 aliphatic carbocycles. The number of benzene rings is 1. The third kappa shape index (κ3) is 2.94. The maximum atomic E-state index is 12.8. The average Bonchev–Trinajstić information content (AvgIpc) is 2.46. The monoisotopic (exact) mass is 289 g/mol. The molecule has 0 radical (unpaired) electrons. The van der Waals surface area contributed by atoms with E-state index in [9.17, 15) is 14.7 Å². The number of carboxylic acids is 1. The molecule has 1 aromatic rings. The molecule has 0 saturated heterocycles. The predicted molar refractivity (Wildman–Crippen MR) is 81.1 cm³/mol. The Labute approximate surface area is 125 Å². The molecule has 1 N–H and O–H groups in total. The molecule has 21 heavy (non-hydrogen) atoms. The number of rotatable bonds is 4. The first kappa shape index (κ1) is 15.5. The van der Waals surface area contributed by atoms with E-state index >= 15 is 0 Å². The summed E-state index contributed by atoms with van der Waals surface area (Å²) >= 11 is 0. The van der Waals surface area contributed by atoms with Gasteiger partial charge in [0.2, 0.25) is 5.91 Å². The van der Waals surface area contributed by atoms with E-state index in [0.717, 1.165) is 12.8 Å². The minimum absolute atomic E-state index is 0.0422. The Morgan fingerprint density at radius 1 is 1.29 bits per heavy atom. The number of nitrogens with zero attached hydrogens (tertiary/aromatic N) is 1. The number of carboxylic acid groups (broad SMARTS) is 1. The van der Waals surface area contributed by atoms with E-state index in [4.69, 9.17) is 0 Å². The van der Waals surface area contributed by atoms with E-state index < -0.39 is 11.5 Å². The molecule has 0 saturated carbocycles. The van der Waals surface area contributed by atoms with Crippen LogP contribution in [0.1, 0.15) is 38.3 Å². The van der Waals surface area contributed by atoms with Crippen molar-refractivity contribution >= 4 is 11.9 Å². The van der Waals surface area contributed by atoms with Crippen LogP contribution in [0.2, 0.25) is 0 Å². The summed E-state index contributed by atoms with van der Waals surface area (Å²) < 4.78 is 0. The number of likely N-dealkylation sites (N-methyl/N-ethyl adjacent to an activating group) is 1. The van der Waals surface area contributed by atoms with Gasteiger partial charge in [-0.2, -0.15) is 0 Å². The molecule has 1 atom stereocenters. The van der Waals surface area contributed by atoms with Crippen molar-refractivity contribution in [3.63, 3.8) is 0 Å². The van der Waals surface area contributed by atoms with Gasteiger partial charge in [0, 0.05) is 12.5 Å². The molecule has 1 aliphatic rings. The third-order valence-corrected chi connectivity index (χ3v) is 4.48. The van der Waals surface area contributed by atoms with Gasteiger partial charge in [0.25, 0.3) is 0 Å². The lowest BCUT2D eigenvalue weighted by Gasteiger charge is -2.37. The van der Waals surface area contributed by atoms with Gasteiger partial charge in [0.1, 0.15) is 5.54 Å². The number of carbonyl (C=O) groups excluding carboxylic acids is 1. The van der Waals surface area contributed by atoms with E-state index in [1.807, 2.05) is 19.1 Å². The Balaban J connectivity index is 2.19. The van der Waals surface area contributed by atoms with Gasteiger partial charge in [-0.25, -0.2) is 4.79 Å².